The number of ether oxygens (including phenoxy) is 2. The summed E-state index contributed by atoms with van der Waals surface area (Å²) in [6.45, 7) is 9.93. The molecule has 182 valence electrons. The number of rotatable bonds is 9. The number of nitrogens with one attached hydrogen (secondary N) is 2. The van der Waals surface area contributed by atoms with Gasteiger partial charge in [0, 0.05) is 58.3 Å². The molecule has 1 fully saturated rings. The number of hydrogen-bond acceptors (Lipinski definition) is 8. The molecular formula is C24H38N6O3. The van der Waals surface area contributed by atoms with Crippen LogP contribution in [0.1, 0.15) is 36.8 Å². The summed E-state index contributed by atoms with van der Waals surface area (Å²) in [6.07, 6.45) is 0.913. The zero-order valence-electron chi connectivity index (χ0n) is 20.8. The van der Waals surface area contributed by atoms with Gasteiger partial charge >= 0.3 is 0 Å². The molecule has 2 heterocycles. The zero-order chi connectivity index (χ0) is 24.2. The normalized spacial score (nSPS) is 13.1. The molecule has 2 N–H and O–H groups in total. The van der Waals surface area contributed by atoms with E-state index < -0.39 is 0 Å². The van der Waals surface area contributed by atoms with E-state index in [1.54, 1.807) is 13.2 Å². The summed E-state index contributed by atoms with van der Waals surface area (Å²) in [5, 5.41) is 6.15. The Hall–Kier alpha value is -2.91. The Labute approximate surface area is 197 Å². The van der Waals surface area contributed by atoms with E-state index in [9.17, 15) is 4.79 Å². The van der Waals surface area contributed by atoms with E-state index in [4.69, 9.17) is 9.47 Å². The van der Waals surface area contributed by atoms with Crippen molar-refractivity contribution in [1.82, 2.24) is 9.97 Å². The van der Waals surface area contributed by atoms with Crippen LogP contribution in [0.3, 0.4) is 0 Å². The van der Waals surface area contributed by atoms with Crippen LogP contribution in [-0.4, -0.2) is 76.5 Å². The van der Waals surface area contributed by atoms with E-state index in [1.807, 2.05) is 55.9 Å². The Kier molecular flexibility index (Phi) is 10.9. The number of anilines is 4. The predicted octanol–water partition coefficient (Wildman–Crippen LogP) is 3.28. The lowest BCUT2D eigenvalue weighted by molar-refractivity contribution is 0.102. The highest BCUT2D eigenvalue weighted by molar-refractivity contribution is 6.03. The number of carbonyl (C=O) groups excluding carboxylic acids is 1. The average Bonchev–Trinajstić information content (AvgIpc) is 2.88. The van der Waals surface area contributed by atoms with Gasteiger partial charge in [-0.2, -0.15) is 4.98 Å². The first kappa shape index (κ1) is 26.3. The summed E-state index contributed by atoms with van der Waals surface area (Å²) in [7, 11) is 5.46. The van der Waals surface area contributed by atoms with Crippen molar-refractivity contribution >= 4 is 29.0 Å². The van der Waals surface area contributed by atoms with Gasteiger partial charge in [-0.1, -0.05) is 26.8 Å². The maximum Gasteiger partial charge on any atom is 0.274 e. The first-order valence-electron chi connectivity index (χ1n) is 11.6. The first-order valence-corrected chi connectivity index (χ1v) is 11.6. The lowest BCUT2D eigenvalue weighted by Gasteiger charge is -2.28. The van der Waals surface area contributed by atoms with Crippen LogP contribution in [0.2, 0.25) is 0 Å². The molecule has 9 nitrogen and oxygen atoms in total. The monoisotopic (exact) mass is 458 g/mol. The maximum absolute atomic E-state index is 13.1. The topological polar surface area (TPSA) is 91.9 Å². The molecule has 0 saturated carbocycles. The lowest BCUT2D eigenvalue weighted by Crippen LogP contribution is -2.38. The largest absolute Gasteiger partial charge is 0.388 e. The van der Waals surface area contributed by atoms with Crippen LogP contribution in [0, 0.1) is 0 Å². The second-order valence-corrected chi connectivity index (χ2v) is 7.35. The number of benzene rings is 1. The zero-order valence-corrected chi connectivity index (χ0v) is 20.8. The van der Waals surface area contributed by atoms with Gasteiger partial charge in [0.1, 0.15) is 11.5 Å². The summed E-state index contributed by atoms with van der Waals surface area (Å²) in [5.74, 6) is 0.938. The number of hydrogen-bond donors (Lipinski definition) is 2. The number of likely N-dealkylation sites (N-methyl/N-ethyl adjacent to an activating group) is 1. The summed E-state index contributed by atoms with van der Waals surface area (Å²) >= 11 is 0. The number of amides is 1. The van der Waals surface area contributed by atoms with Crippen LogP contribution in [0.15, 0.2) is 24.3 Å². The molecule has 0 radical (unpaired) electrons. The number of nitrogens with zero attached hydrogens (tertiary/aromatic N) is 4. The summed E-state index contributed by atoms with van der Waals surface area (Å²) in [5.41, 5.74) is 3.23. The van der Waals surface area contributed by atoms with Crippen LogP contribution in [0.4, 0.5) is 23.1 Å². The predicted molar refractivity (Wildman–Crippen MR) is 135 cm³/mol. The van der Waals surface area contributed by atoms with Gasteiger partial charge in [0.2, 0.25) is 5.95 Å². The van der Waals surface area contributed by atoms with Crippen molar-refractivity contribution in [1.29, 1.82) is 0 Å². The smallest absolute Gasteiger partial charge is 0.274 e. The maximum atomic E-state index is 13.1. The molecule has 0 bridgehead atoms. The molecule has 33 heavy (non-hydrogen) atoms. The van der Waals surface area contributed by atoms with E-state index in [0.29, 0.717) is 62.6 Å². The highest BCUT2D eigenvalue weighted by atomic mass is 16.5. The molecule has 0 spiro atoms. The third kappa shape index (κ3) is 7.30. The summed E-state index contributed by atoms with van der Waals surface area (Å²) in [4.78, 5) is 26.3. The summed E-state index contributed by atoms with van der Waals surface area (Å²) in [6, 6.07) is 7.58. The van der Waals surface area contributed by atoms with E-state index in [1.165, 1.54) is 5.56 Å². The van der Waals surface area contributed by atoms with Crippen molar-refractivity contribution < 1.29 is 14.3 Å². The van der Waals surface area contributed by atoms with Crippen molar-refractivity contribution in [3.63, 3.8) is 0 Å². The third-order valence-electron chi connectivity index (χ3n) is 5.27. The van der Waals surface area contributed by atoms with Crippen molar-refractivity contribution in [3.8, 4) is 0 Å². The van der Waals surface area contributed by atoms with Gasteiger partial charge in [-0.05, 0) is 24.1 Å². The van der Waals surface area contributed by atoms with Gasteiger partial charge in [0.25, 0.3) is 5.91 Å². The van der Waals surface area contributed by atoms with Gasteiger partial charge in [-0.3, -0.25) is 4.79 Å². The Morgan fingerprint density at radius 1 is 1.21 bits per heavy atom. The molecule has 3 rings (SSSR count). The van der Waals surface area contributed by atoms with Crippen LogP contribution < -0.4 is 20.4 Å². The number of methoxy groups -OCH3 is 1. The molecule has 1 aromatic carbocycles. The fourth-order valence-electron chi connectivity index (χ4n) is 3.37. The van der Waals surface area contributed by atoms with Gasteiger partial charge in [0.15, 0.2) is 0 Å². The molecule has 1 saturated heterocycles. The van der Waals surface area contributed by atoms with Gasteiger partial charge in [0.05, 0.1) is 19.8 Å². The number of aromatic nitrogens is 2. The summed E-state index contributed by atoms with van der Waals surface area (Å²) < 4.78 is 10.6. The third-order valence-corrected chi connectivity index (χ3v) is 5.27. The molecule has 1 aliphatic heterocycles. The molecule has 9 heteroatoms. The minimum absolute atomic E-state index is 0.274. The SMILES string of the molecule is CC.CCc1ccc(NC(=O)c2cc(N(C)CCOC)nc(N3CCOCC3)n2)cc1NC. The molecule has 1 aliphatic rings. The Morgan fingerprint density at radius 3 is 2.58 bits per heavy atom. The Balaban J connectivity index is 0.00000187. The fourth-order valence-corrected chi connectivity index (χ4v) is 3.37. The Bertz CT molecular complexity index is 886. The van der Waals surface area contributed by atoms with E-state index in [-0.39, 0.29) is 5.91 Å². The molecule has 0 atom stereocenters. The number of aryl methyl sites for hydroxylation is 1. The minimum Gasteiger partial charge on any atom is -0.388 e. The molecule has 2 aromatic rings. The lowest BCUT2D eigenvalue weighted by atomic mass is 10.1. The fraction of sp³-hybridized carbons (Fsp3) is 0.542. The van der Waals surface area contributed by atoms with Crippen molar-refractivity contribution in [2.24, 2.45) is 0 Å². The van der Waals surface area contributed by atoms with Crippen LogP contribution in [0.5, 0.6) is 0 Å². The first-order chi connectivity index (χ1) is 16.0. The molecule has 0 aliphatic carbocycles. The van der Waals surface area contributed by atoms with E-state index in [0.717, 1.165) is 12.1 Å². The van der Waals surface area contributed by atoms with Crippen molar-refractivity contribution in [3.05, 3.63) is 35.5 Å². The Morgan fingerprint density at radius 2 is 1.94 bits per heavy atom. The number of morpholine rings is 1. The minimum atomic E-state index is -0.274. The molecule has 1 amide bonds. The van der Waals surface area contributed by atoms with Gasteiger partial charge in [-0.15, -0.1) is 0 Å². The molecule has 1 aromatic heterocycles. The van der Waals surface area contributed by atoms with E-state index >= 15 is 0 Å². The van der Waals surface area contributed by atoms with Crippen molar-refractivity contribution in [2.75, 3.05) is 81.1 Å². The average molecular weight is 459 g/mol. The van der Waals surface area contributed by atoms with Crippen LogP contribution in [-0.2, 0) is 15.9 Å². The molecule has 0 unspecified atom stereocenters. The van der Waals surface area contributed by atoms with Crippen LogP contribution >= 0.6 is 0 Å². The quantitative estimate of drug-likeness (QED) is 0.592. The van der Waals surface area contributed by atoms with Crippen molar-refractivity contribution in [2.45, 2.75) is 27.2 Å². The second kappa shape index (κ2) is 13.6. The highest BCUT2D eigenvalue weighted by Gasteiger charge is 2.20. The van der Waals surface area contributed by atoms with Gasteiger partial charge in [-0.25, -0.2) is 4.98 Å². The second-order valence-electron chi connectivity index (χ2n) is 7.35. The van der Waals surface area contributed by atoms with E-state index in [2.05, 4.69) is 27.5 Å². The molecular weight excluding hydrogens is 420 g/mol. The number of carbonyl (C=O) groups is 1. The van der Waals surface area contributed by atoms with Crippen LogP contribution in [0.25, 0.3) is 0 Å². The highest BCUT2D eigenvalue weighted by Crippen LogP contribution is 2.23. The standard InChI is InChI=1S/C22H32N6O3.C2H6/c1-5-16-6-7-17(14-18(16)23-2)24-21(29)19-15-20(27(3)8-11-30-4)26-22(25-19)28-9-12-31-13-10-28;1-2/h6-7,14-15,23H,5,8-13H2,1-4H3,(H,24,29);1-2H3. The van der Waals surface area contributed by atoms with Gasteiger partial charge < -0.3 is 29.9 Å².